The average molecular weight is 327 g/mol. The minimum Gasteiger partial charge on any atom is -0.454 e. The topological polar surface area (TPSA) is 50.4 Å². The van der Waals surface area contributed by atoms with Crippen LogP contribution in [0, 0.1) is 12.3 Å². The molecule has 4 rings (SSSR count). The van der Waals surface area contributed by atoms with Crippen LogP contribution in [0.2, 0.25) is 0 Å². The van der Waals surface area contributed by atoms with Crippen molar-refractivity contribution in [1.29, 1.82) is 0 Å². The van der Waals surface area contributed by atoms with Gasteiger partial charge in [0.1, 0.15) is 0 Å². The molecular formula is C19H25N3O2. The maximum Gasteiger partial charge on any atom is 0.231 e. The molecule has 0 radical (unpaired) electrons. The molecule has 0 aliphatic carbocycles. The lowest BCUT2D eigenvalue weighted by Gasteiger charge is -2.40. The summed E-state index contributed by atoms with van der Waals surface area (Å²) in [4.78, 5) is 10.2. The lowest BCUT2D eigenvalue weighted by Crippen LogP contribution is -2.42. The number of H-pyrrole nitrogens is 1. The third-order valence-corrected chi connectivity index (χ3v) is 5.24. The van der Waals surface area contributed by atoms with Gasteiger partial charge in [0.05, 0.1) is 12.0 Å². The molecule has 1 fully saturated rings. The second-order valence-corrected chi connectivity index (χ2v) is 7.46. The highest BCUT2D eigenvalue weighted by Crippen LogP contribution is 2.37. The molecular weight excluding hydrogens is 302 g/mol. The normalized spacial score (nSPS) is 23.6. The fourth-order valence-electron chi connectivity index (χ4n) is 4.01. The summed E-state index contributed by atoms with van der Waals surface area (Å²) in [5.74, 6) is 1.75. The first kappa shape index (κ1) is 15.5. The third kappa shape index (κ3) is 3.13. The molecule has 0 saturated carbocycles. The second-order valence-electron chi connectivity index (χ2n) is 7.46. The number of nitrogens with zero attached hydrogens (tertiary/aromatic N) is 2. The van der Waals surface area contributed by atoms with E-state index in [0.29, 0.717) is 6.79 Å². The molecule has 2 aromatic rings. The summed E-state index contributed by atoms with van der Waals surface area (Å²) < 4.78 is 10.9. The zero-order valence-corrected chi connectivity index (χ0v) is 14.5. The molecule has 1 atom stereocenters. The summed E-state index contributed by atoms with van der Waals surface area (Å²) in [6.45, 7) is 8.04. The summed E-state index contributed by atoms with van der Waals surface area (Å²) in [6.07, 6.45) is 5.36. The largest absolute Gasteiger partial charge is 0.454 e. The van der Waals surface area contributed by atoms with Crippen molar-refractivity contribution in [1.82, 2.24) is 14.9 Å². The van der Waals surface area contributed by atoms with Crippen LogP contribution in [-0.2, 0) is 13.0 Å². The SMILES string of the molecule is Cc1[nH]cnc1CN1CCC[C@@](C)(Cc2ccc3c(c2)OCO3)C1. The molecule has 3 heterocycles. The summed E-state index contributed by atoms with van der Waals surface area (Å²) in [5.41, 5.74) is 3.97. The lowest BCUT2D eigenvalue weighted by molar-refractivity contribution is 0.0959. The van der Waals surface area contributed by atoms with Gasteiger partial charge in [-0.1, -0.05) is 13.0 Å². The van der Waals surface area contributed by atoms with Crippen LogP contribution < -0.4 is 9.47 Å². The molecule has 24 heavy (non-hydrogen) atoms. The van der Waals surface area contributed by atoms with Gasteiger partial charge in [0.25, 0.3) is 0 Å². The Morgan fingerprint density at radius 3 is 3.00 bits per heavy atom. The molecule has 1 saturated heterocycles. The summed E-state index contributed by atoms with van der Waals surface area (Å²) in [7, 11) is 0. The zero-order valence-electron chi connectivity index (χ0n) is 14.5. The Hall–Kier alpha value is -2.01. The summed E-state index contributed by atoms with van der Waals surface area (Å²) >= 11 is 0. The van der Waals surface area contributed by atoms with Gasteiger partial charge in [-0.3, -0.25) is 4.90 Å². The fourth-order valence-corrected chi connectivity index (χ4v) is 4.01. The highest BCUT2D eigenvalue weighted by molar-refractivity contribution is 5.44. The van der Waals surface area contributed by atoms with Crippen molar-refractivity contribution in [3.05, 3.63) is 41.5 Å². The summed E-state index contributed by atoms with van der Waals surface area (Å²) in [6, 6.07) is 6.36. The van der Waals surface area contributed by atoms with Gasteiger partial charge in [0, 0.05) is 18.8 Å². The maximum absolute atomic E-state index is 5.52. The van der Waals surface area contributed by atoms with E-state index in [4.69, 9.17) is 9.47 Å². The van der Waals surface area contributed by atoms with Crippen LogP contribution >= 0.6 is 0 Å². The Bertz CT molecular complexity index is 727. The van der Waals surface area contributed by atoms with Crippen molar-refractivity contribution in [3.63, 3.8) is 0 Å². The minimum absolute atomic E-state index is 0.288. The molecule has 0 bridgehead atoms. The number of fused-ring (bicyclic) bond motifs is 1. The number of nitrogens with one attached hydrogen (secondary N) is 1. The van der Waals surface area contributed by atoms with E-state index in [-0.39, 0.29) is 5.41 Å². The van der Waals surface area contributed by atoms with Gasteiger partial charge < -0.3 is 14.5 Å². The predicted molar refractivity (Wildman–Crippen MR) is 92.2 cm³/mol. The molecule has 1 aromatic heterocycles. The van der Waals surface area contributed by atoms with Gasteiger partial charge in [0.2, 0.25) is 6.79 Å². The molecule has 2 aliphatic rings. The Morgan fingerprint density at radius 2 is 2.17 bits per heavy atom. The van der Waals surface area contributed by atoms with E-state index >= 15 is 0 Å². The number of aromatic nitrogens is 2. The maximum atomic E-state index is 5.52. The number of aromatic amines is 1. The zero-order chi connectivity index (χ0) is 16.6. The van der Waals surface area contributed by atoms with E-state index in [1.165, 1.54) is 29.8 Å². The quantitative estimate of drug-likeness (QED) is 0.936. The van der Waals surface area contributed by atoms with Crippen LogP contribution in [0.3, 0.4) is 0 Å². The molecule has 1 N–H and O–H groups in total. The molecule has 1 aromatic carbocycles. The van der Waals surface area contributed by atoms with Crippen molar-refractivity contribution in [3.8, 4) is 11.5 Å². The van der Waals surface area contributed by atoms with Crippen molar-refractivity contribution in [2.75, 3.05) is 19.9 Å². The van der Waals surface area contributed by atoms with E-state index in [1.54, 1.807) is 6.33 Å². The van der Waals surface area contributed by atoms with Crippen molar-refractivity contribution in [2.45, 2.75) is 39.7 Å². The summed E-state index contributed by atoms with van der Waals surface area (Å²) in [5, 5.41) is 0. The van der Waals surface area contributed by atoms with Crippen LogP contribution in [0.4, 0.5) is 0 Å². The van der Waals surface area contributed by atoms with E-state index in [1.807, 2.05) is 6.07 Å². The minimum atomic E-state index is 0.288. The van der Waals surface area contributed by atoms with E-state index in [0.717, 1.165) is 37.6 Å². The van der Waals surface area contributed by atoms with Gasteiger partial charge >= 0.3 is 0 Å². The standard InChI is InChI=1S/C19H25N3O2/c1-14-16(21-12-20-14)10-22-7-3-6-19(2,11-22)9-15-4-5-17-18(8-15)24-13-23-17/h4-5,8,12H,3,6-7,9-11,13H2,1-2H3,(H,20,21)/t19-/m0/s1. The van der Waals surface area contributed by atoms with Gasteiger partial charge in [-0.05, 0) is 55.8 Å². The highest BCUT2D eigenvalue weighted by atomic mass is 16.7. The Kier molecular flexibility index (Phi) is 3.96. The van der Waals surface area contributed by atoms with Gasteiger partial charge in [0.15, 0.2) is 11.5 Å². The number of imidazole rings is 1. The Morgan fingerprint density at radius 1 is 1.29 bits per heavy atom. The Balaban J connectivity index is 1.45. The predicted octanol–water partition coefficient (Wildman–Crippen LogP) is 3.29. The van der Waals surface area contributed by atoms with Gasteiger partial charge in [-0.15, -0.1) is 0 Å². The molecule has 0 spiro atoms. The van der Waals surface area contributed by atoms with Crippen molar-refractivity contribution in [2.24, 2.45) is 5.41 Å². The molecule has 5 nitrogen and oxygen atoms in total. The Labute approximate surface area is 143 Å². The first-order chi connectivity index (χ1) is 11.6. The number of hydrogen-bond donors (Lipinski definition) is 1. The molecule has 0 amide bonds. The number of piperidine rings is 1. The second kappa shape index (κ2) is 6.13. The van der Waals surface area contributed by atoms with E-state index < -0.39 is 0 Å². The third-order valence-electron chi connectivity index (χ3n) is 5.24. The number of ether oxygens (including phenoxy) is 2. The lowest BCUT2D eigenvalue weighted by atomic mass is 9.77. The first-order valence-electron chi connectivity index (χ1n) is 8.71. The molecule has 5 heteroatoms. The first-order valence-corrected chi connectivity index (χ1v) is 8.71. The number of aryl methyl sites for hydroxylation is 1. The van der Waals surface area contributed by atoms with Crippen LogP contribution in [-0.4, -0.2) is 34.8 Å². The number of benzene rings is 1. The fraction of sp³-hybridized carbons (Fsp3) is 0.526. The molecule has 2 aliphatic heterocycles. The average Bonchev–Trinajstić information content (AvgIpc) is 3.16. The van der Waals surface area contributed by atoms with Crippen LogP contribution in [0.1, 0.15) is 36.7 Å². The van der Waals surface area contributed by atoms with E-state index in [9.17, 15) is 0 Å². The van der Waals surface area contributed by atoms with Crippen LogP contribution in [0.25, 0.3) is 0 Å². The van der Waals surface area contributed by atoms with E-state index in [2.05, 4.69) is 40.8 Å². The molecule has 0 unspecified atom stereocenters. The number of hydrogen-bond acceptors (Lipinski definition) is 4. The van der Waals surface area contributed by atoms with Crippen LogP contribution in [0.15, 0.2) is 24.5 Å². The van der Waals surface area contributed by atoms with Crippen molar-refractivity contribution >= 4 is 0 Å². The number of likely N-dealkylation sites (tertiary alicyclic amines) is 1. The molecule has 128 valence electrons. The van der Waals surface area contributed by atoms with Gasteiger partial charge in [-0.2, -0.15) is 0 Å². The van der Waals surface area contributed by atoms with Crippen LogP contribution in [0.5, 0.6) is 11.5 Å². The smallest absolute Gasteiger partial charge is 0.231 e. The van der Waals surface area contributed by atoms with Crippen molar-refractivity contribution < 1.29 is 9.47 Å². The number of rotatable bonds is 4. The monoisotopic (exact) mass is 327 g/mol. The van der Waals surface area contributed by atoms with Gasteiger partial charge in [-0.25, -0.2) is 4.98 Å². The highest BCUT2D eigenvalue weighted by Gasteiger charge is 2.32.